The quantitative estimate of drug-likeness (QED) is 0.757. The SMILES string of the molecule is CCCc1cn([C@@H](Cc2ccccc2)C(=O)OC)nn1. The normalized spacial score (nSPS) is 12.1. The number of hydrogen-bond donors (Lipinski definition) is 0. The zero-order valence-electron chi connectivity index (χ0n) is 11.8. The molecule has 0 saturated carbocycles. The van der Waals surface area contributed by atoms with Crippen LogP contribution in [0.1, 0.15) is 30.6 Å². The van der Waals surface area contributed by atoms with Crippen LogP contribution in [0.5, 0.6) is 0 Å². The smallest absolute Gasteiger partial charge is 0.331 e. The molecule has 106 valence electrons. The van der Waals surface area contributed by atoms with Gasteiger partial charge < -0.3 is 4.74 Å². The first-order valence-electron chi connectivity index (χ1n) is 6.77. The minimum absolute atomic E-state index is 0.304. The maximum absolute atomic E-state index is 12.0. The van der Waals surface area contributed by atoms with Crippen molar-refractivity contribution in [2.75, 3.05) is 7.11 Å². The average molecular weight is 273 g/mol. The zero-order valence-corrected chi connectivity index (χ0v) is 11.8. The van der Waals surface area contributed by atoms with Crippen LogP contribution < -0.4 is 0 Å². The first kappa shape index (κ1) is 14.2. The van der Waals surface area contributed by atoms with E-state index in [9.17, 15) is 4.79 Å². The highest BCUT2D eigenvalue weighted by Crippen LogP contribution is 2.15. The van der Waals surface area contributed by atoms with Gasteiger partial charge in [0.05, 0.1) is 12.8 Å². The van der Waals surface area contributed by atoms with Crippen molar-refractivity contribution < 1.29 is 9.53 Å². The number of nitrogens with zero attached hydrogens (tertiary/aromatic N) is 3. The van der Waals surface area contributed by atoms with E-state index in [2.05, 4.69) is 17.2 Å². The van der Waals surface area contributed by atoms with Gasteiger partial charge in [0.1, 0.15) is 0 Å². The molecule has 20 heavy (non-hydrogen) atoms. The van der Waals surface area contributed by atoms with Crippen molar-refractivity contribution in [2.45, 2.75) is 32.2 Å². The number of carbonyl (C=O) groups is 1. The lowest BCUT2D eigenvalue weighted by Crippen LogP contribution is -2.23. The average Bonchev–Trinajstić information content (AvgIpc) is 2.94. The summed E-state index contributed by atoms with van der Waals surface area (Å²) in [6.45, 7) is 2.08. The molecule has 1 aromatic heterocycles. The van der Waals surface area contributed by atoms with Crippen LogP contribution >= 0.6 is 0 Å². The summed E-state index contributed by atoms with van der Waals surface area (Å²) in [6.07, 6.45) is 4.23. The van der Waals surface area contributed by atoms with Gasteiger partial charge in [-0.25, -0.2) is 9.48 Å². The van der Waals surface area contributed by atoms with E-state index in [-0.39, 0.29) is 5.97 Å². The molecule has 2 rings (SSSR count). The lowest BCUT2D eigenvalue weighted by Gasteiger charge is -2.14. The fraction of sp³-hybridized carbons (Fsp3) is 0.400. The molecule has 1 atom stereocenters. The lowest BCUT2D eigenvalue weighted by molar-refractivity contribution is -0.144. The summed E-state index contributed by atoms with van der Waals surface area (Å²) < 4.78 is 6.48. The Morgan fingerprint density at radius 3 is 2.75 bits per heavy atom. The molecule has 5 heteroatoms. The summed E-state index contributed by atoms with van der Waals surface area (Å²) in [5, 5.41) is 8.16. The number of aromatic nitrogens is 3. The molecule has 0 spiro atoms. The number of carbonyl (C=O) groups excluding carboxylic acids is 1. The Bertz CT molecular complexity index is 551. The molecule has 1 aromatic carbocycles. The molecular formula is C15H19N3O2. The van der Waals surface area contributed by atoms with Crippen LogP contribution in [-0.2, 0) is 22.4 Å². The van der Waals surface area contributed by atoms with Crippen molar-refractivity contribution in [2.24, 2.45) is 0 Å². The topological polar surface area (TPSA) is 57.0 Å². The van der Waals surface area contributed by atoms with Gasteiger partial charge in [-0.2, -0.15) is 0 Å². The zero-order chi connectivity index (χ0) is 14.4. The Kier molecular flexibility index (Phi) is 4.87. The van der Waals surface area contributed by atoms with Gasteiger partial charge in [-0.1, -0.05) is 48.9 Å². The summed E-state index contributed by atoms with van der Waals surface area (Å²) in [5.41, 5.74) is 1.96. The van der Waals surface area contributed by atoms with Gasteiger partial charge in [0.25, 0.3) is 0 Å². The van der Waals surface area contributed by atoms with E-state index >= 15 is 0 Å². The van der Waals surface area contributed by atoms with Crippen molar-refractivity contribution >= 4 is 5.97 Å². The molecule has 0 aliphatic carbocycles. The van der Waals surface area contributed by atoms with Crippen molar-refractivity contribution in [3.05, 3.63) is 47.8 Å². The lowest BCUT2D eigenvalue weighted by atomic mass is 10.1. The highest BCUT2D eigenvalue weighted by Gasteiger charge is 2.23. The van der Waals surface area contributed by atoms with Gasteiger partial charge in [0.2, 0.25) is 0 Å². The standard InChI is InChI=1S/C15H19N3O2/c1-3-7-13-11-18(17-16-13)14(15(19)20-2)10-12-8-5-4-6-9-12/h4-6,8-9,11,14H,3,7,10H2,1-2H3/t14-/m0/s1. The Hall–Kier alpha value is -2.17. The van der Waals surface area contributed by atoms with Gasteiger partial charge in [0.15, 0.2) is 6.04 Å². The Morgan fingerprint density at radius 1 is 1.35 bits per heavy atom. The fourth-order valence-electron chi connectivity index (χ4n) is 2.09. The summed E-state index contributed by atoms with van der Waals surface area (Å²) in [4.78, 5) is 12.0. The van der Waals surface area contributed by atoms with Gasteiger partial charge in [0, 0.05) is 12.6 Å². The third-order valence-corrected chi connectivity index (χ3v) is 3.13. The van der Waals surface area contributed by atoms with Gasteiger partial charge >= 0.3 is 5.97 Å². The van der Waals surface area contributed by atoms with Crippen LogP contribution in [0.15, 0.2) is 36.5 Å². The highest BCUT2D eigenvalue weighted by atomic mass is 16.5. The third-order valence-electron chi connectivity index (χ3n) is 3.13. The van der Waals surface area contributed by atoms with Gasteiger partial charge in [-0.05, 0) is 12.0 Å². The monoisotopic (exact) mass is 273 g/mol. The molecule has 0 aliphatic rings. The molecule has 0 radical (unpaired) electrons. The molecule has 5 nitrogen and oxygen atoms in total. The summed E-state index contributed by atoms with van der Waals surface area (Å²) in [5.74, 6) is -0.304. The van der Waals surface area contributed by atoms with Crippen LogP contribution in [0.25, 0.3) is 0 Å². The number of aryl methyl sites for hydroxylation is 1. The van der Waals surface area contributed by atoms with Crippen LogP contribution in [-0.4, -0.2) is 28.1 Å². The number of rotatable bonds is 6. The second-order valence-electron chi connectivity index (χ2n) is 4.67. The van der Waals surface area contributed by atoms with Crippen molar-refractivity contribution in [1.29, 1.82) is 0 Å². The number of methoxy groups -OCH3 is 1. The molecule has 0 fully saturated rings. The van der Waals surface area contributed by atoms with E-state index in [1.54, 1.807) is 4.68 Å². The van der Waals surface area contributed by atoms with Crippen LogP contribution in [0, 0.1) is 0 Å². The number of hydrogen-bond acceptors (Lipinski definition) is 4. The summed E-state index contributed by atoms with van der Waals surface area (Å²) in [7, 11) is 1.39. The third kappa shape index (κ3) is 3.44. The summed E-state index contributed by atoms with van der Waals surface area (Å²) in [6, 6.07) is 9.35. The number of benzene rings is 1. The molecular weight excluding hydrogens is 254 g/mol. The maximum Gasteiger partial charge on any atom is 0.331 e. The van der Waals surface area contributed by atoms with Crippen molar-refractivity contribution in [1.82, 2.24) is 15.0 Å². The molecule has 2 aromatic rings. The van der Waals surface area contributed by atoms with E-state index in [4.69, 9.17) is 4.74 Å². The molecule has 0 saturated heterocycles. The van der Waals surface area contributed by atoms with Gasteiger partial charge in [-0.15, -0.1) is 5.10 Å². The van der Waals surface area contributed by atoms with Crippen molar-refractivity contribution in [3.8, 4) is 0 Å². The predicted molar refractivity (Wildman–Crippen MR) is 75.2 cm³/mol. The first-order valence-corrected chi connectivity index (χ1v) is 6.77. The minimum atomic E-state index is -0.472. The van der Waals surface area contributed by atoms with E-state index in [1.165, 1.54) is 7.11 Å². The molecule has 0 amide bonds. The molecule has 0 bridgehead atoms. The predicted octanol–water partition coefficient (Wildman–Crippen LogP) is 2.19. The van der Waals surface area contributed by atoms with Crippen LogP contribution in [0.3, 0.4) is 0 Å². The van der Waals surface area contributed by atoms with E-state index < -0.39 is 6.04 Å². The second kappa shape index (κ2) is 6.84. The van der Waals surface area contributed by atoms with Crippen LogP contribution in [0.2, 0.25) is 0 Å². The molecule has 1 heterocycles. The fourth-order valence-corrected chi connectivity index (χ4v) is 2.09. The first-order chi connectivity index (χ1) is 9.74. The van der Waals surface area contributed by atoms with E-state index in [1.807, 2.05) is 36.5 Å². The Morgan fingerprint density at radius 2 is 2.10 bits per heavy atom. The Labute approximate surface area is 118 Å². The van der Waals surface area contributed by atoms with Crippen molar-refractivity contribution in [3.63, 3.8) is 0 Å². The molecule has 0 unspecified atom stereocenters. The van der Waals surface area contributed by atoms with Gasteiger partial charge in [-0.3, -0.25) is 0 Å². The van der Waals surface area contributed by atoms with E-state index in [0.29, 0.717) is 6.42 Å². The van der Waals surface area contributed by atoms with E-state index in [0.717, 1.165) is 24.1 Å². The number of ether oxygens (including phenoxy) is 1. The summed E-state index contributed by atoms with van der Waals surface area (Å²) >= 11 is 0. The highest BCUT2D eigenvalue weighted by molar-refractivity contribution is 5.74. The minimum Gasteiger partial charge on any atom is -0.467 e. The maximum atomic E-state index is 12.0. The Balaban J connectivity index is 2.20. The second-order valence-corrected chi connectivity index (χ2v) is 4.67. The number of esters is 1. The molecule has 0 N–H and O–H groups in total. The van der Waals surface area contributed by atoms with Crippen LogP contribution in [0.4, 0.5) is 0 Å². The largest absolute Gasteiger partial charge is 0.467 e. The molecule has 0 aliphatic heterocycles.